The maximum Gasteiger partial charge on any atom is 0.328 e. The van der Waals surface area contributed by atoms with Crippen molar-refractivity contribution in [2.75, 3.05) is 0 Å². The van der Waals surface area contributed by atoms with Crippen LogP contribution in [0.1, 0.15) is 82.5 Å². The molecule has 5 rings (SSSR count). The van der Waals surface area contributed by atoms with E-state index in [4.69, 9.17) is 0 Å². The van der Waals surface area contributed by atoms with Crippen molar-refractivity contribution in [1.29, 1.82) is 0 Å². The maximum absolute atomic E-state index is 14.0. The molecule has 8 heteroatoms. The molecule has 1 aliphatic rings. The average molecular weight is 500 g/mol. The first kappa shape index (κ1) is 25.1. The van der Waals surface area contributed by atoms with Gasteiger partial charge in [0.1, 0.15) is 0 Å². The zero-order chi connectivity index (χ0) is 25.6. The Balaban J connectivity index is 1.57. The van der Waals surface area contributed by atoms with Crippen LogP contribution in [-0.2, 0) is 13.0 Å². The quantitative estimate of drug-likeness (QED) is 0.293. The number of aromatic amines is 1. The molecule has 1 fully saturated rings. The van der Waals surface area contributed by atoms with Gasteiger partial charge in [-0.3, -0.25) is 14.1 Å². The Hall–Kier alpha value is -3.55. The Labute approximate surface area is 218 Å². The number of aromatic nitrogens is 7. The molecule has 37 heavy (non-hydrogen) atoms. The molecule has 2 atom stereocenters. The average Bonchev–Trinajstić information content (AvgIpc) is 3.50. The smallest absolute Gasteiger partial charge is 0.296 e. The molecular formula is C29H37N7O. The summed E-state index contributed by atoms with van der Waals surface area (Å²) in [6, 6.07) is 10.4. The van der Waals surface area contributed by atoms with Crippen molar-refractivity contribution < 1.29 is 0 Å². The summed E-state index contributed by atoms with van der Waals surface area (Å²) < 4.78 is 4.07. The second-order valence-electron chi connectivity index (χ2n) is 10.2. The second-order valence-corrected chi connectivity index (χ2v) is 10.2. The summed E-state index contributed by atoms with van der Waals surface area (Å²) >= 11 is 0. The maximum atomic E-state index is 14.0. The SMILES string of the molecule is CCCCc1cn(C2CCCCCC2CC)c(=O)n1Cc1cnccc1-c1ccccc1-c1nnn[nH]1. The lowest BCUT2D eigenvalue weighted by Crippen LogP contribution is -2.31. The van der Waals surface area contributed by atoms with Crippen molar-refractivity contribution in [2.45, 2.75) is 84.2 Å². The van der Waals surface area contributed by atoms with Gasteiger partial charge in [-0.05, 0) is 64.8 Å². The summed E-state index contributed by atoms with van der Waals surface area (Å²) in [5.74, 6) is 1.18. The fourth-order valence-electron chi connectivity index (χ4n) is 5.90. The van der Waals surface area contributed by atoms with Gasteiger partial charge in [-0.2, -0.15) is 0 Å². The second kappa shape index (κ2) is 11.7. The monoisotopic (exact) mass is 499 g/mol. The van der Waals surface area contributed by atoms with Gasteiger partial charge in [0.25, 0.3) is 0 Å². The highest BCUT2D eigenvalue weighted by Crippen LogP contribution is 2.35. The van der Waals surface area contributed by atoms with Crippen LogP contribution < -0.4 is 5.69 Å². The molecule has 1 aliphatic carbocycles. The molecule has 1 saturated carbocycles. The predicted molar refractivity (Wildman–Crippen MR) is 145 cm³/mol. The first-order valence-corrected chi connectivity index (χ1v) is 13.8. The normalized spacial score (nSPS) is 18.1. The van der Waals surface area contributed by atoms with E-state index < -0.39 is 0 Å². The molecule has 0 aliphatic heterocycles. The number of imidazole rings is 1. The first-order chi connectivity index (χ1) is 18.2. The number of benzene rings is 1. The third-order valence-electron chi connectivity index (χ3n) is 7.92. The van der Waals surface area contributed by atoms with E-state index in [0.717, 1.165) is 60.1 Å². The van der Waals surface area contributed by atoms with Crippen LogP contribution in [0.4, 0.5) is 0 Å². The van der Waals surface area contributed by atoms with Gasteiger partial charge in [-0.25, -0.2) is 9.89 Å². The molecule has 4 aromatic rings. The summed E-state index contributed by atoms with van der Waals surface area (Å²) in [4.78, 5) is 18.5. The van der Waals surface area contributed by atoms with E-state index in [0.29, 0.717) is 18.3 Å². The minimum Gasteiger partial charge on any atom is -0.296 e. The molecule has 2 unspecified atom stereocenters. The van der Waals surface area contributed by atoms with E-state index in [1.54, 1.807) is 6.20 Å². The zero-order valence-corrected chi connectivity index (χ0v) is 21.9. The van der Waals surface area contributed by atoms with Crippen LogP contribution >= 0.6 is 0 Å². The highest BCUT2D eigenvalue weighted by Gasteiger charge is 2.27. The summed E-state index contributed by atoms with van der Waals surface area (Å²) in [6.45, 7) is 4.96. The number of hydrogen-bond donors (Lipinski definition) is 1. The topological polar surface area (TPSA) is 94.3 Å². The molecule has 194 valence electrons. The number of tetrazole rings is 1. The van der Waals surface area contributed by atoms with E-state index in [2.05, 4.69) is 56.3 Å². The minimum atomic E-state index is 0.110. The van der Waals surface area contributed by atoms with Gasteiger partial charge in [0.05, 0.1) is 6.54 Å². The van der Waals surface area contributed by atoms with E-state index in [1.807, 2.05) is 35.0 Å². The summed E-state index contributed by atoms with van der Waals surface area (Å²) in [6.07, 6.45) is 16.1. The van der Waals surface area contributed by atoms with Crippen LogP contribution in [0.25, 0.3) is 22.5 Å². The lowest BCUT2D eigenvalue weighted by molar-refractivity contribution is 0.294. The highest BCUT2D eigenvalue weighted by molar-refractivity contribution is 5.81. The fraction of sp³-hybridized carbons (Fsp3) is 0.483. The van der Waals surface area contributed by atoms with Gasteiger partial charge in [-0.15, -0.1) is 5.10 Å². The summed E-state index contributed by atoms with van der Waals surface area (Å²) in [5.41, 5.74) is 5.19. The molecular weight excluding hydrogens is 462 g/mol. The summed E-state index contributed by atoms with van der Waals surface area (Å²) in [7, 11) is 0. The Bertz CT molecular complexity index is 1350. The van der Waals surface area contributed by atoms with Crippen molar-refractivity contribution in [2.24, 2.45) is 5.92 Å². The molecule has 1 N–H and O–H groups in total. The Morgan fingerprint density at radius 1 is 1.03 bits per heavy atom. The molecule has 0 radical (unpaired) electrons. The van der Waals surface area contributed by atoms with Crippen molar-refractivity contribution in [3.63, 3.8) is 0 Å². The number of nitrogens with one attached hydrogen (secondary N) is 1. The van der Waals surface area contributed by atoms with Crippen LogP contribution in [0.15, 0.2) is 53.7 Å². The molecule has 3 heterocycles. The van der Waals surface area contributed by atoms with Crippen molar-refractivity contribution >= 4 is 0 Å². The van der Waals surface area contributed by atoms with Crippen molar-refractivity contribution in [3.05, 3.63) is 70.7 Å². The number of H-pyrrole nitrogens is 1. The molecule has 0 saturated heterocycles. The Morgan fingerprint density at radius 3 is 2.65 bits per heavy atom. The number of unbranched alkanes of at least 4 members (excludes halogenated alkanes) is 1. The van der Waals surface area contributed by atoms with Crippen LogP contribution in [0, 0.1) is 5.92 Å². The van der Waals surface area contributed by atoms with Gasteiger partial charge in [0.15, 0.2) is 5.82 Å². The number of hydrogen-bond acceptors (Lipinski definition) is 5. The lowest BCUT2D eigenvalue weighted by atomic mass is 9.92. The molecule has 0 amide bonds. The number of nitrogens with zero attached hydrogens (tertiary/aromatic N) is 6. The Morgan fingerprint density at radius 2 is 1.86 bits per heavy atom. The first-order valence-electron chi connectivity index (χ1n) is 13.8. The van der Waals surface area contributed by atoms with Crippen LogP contribution in [0.5, 0.6) is 0 Å². The molecule has 3 aromatic heterocycles. The number of rotatable bonds is 9. The lowest BCUT2D eigenvalue weighted by Gasteiger charge is -2.24. The van der Waals surface area contributed by atoms with Gasteiger partial charge in [0, 0.05) is 35.9 Å². The third-order valence-corrected chi connectivity index (χ3v) is 7.92. The predicted octanol–water partition coefficient (Wildman–Crippen LogP) is 5.81. The third kappa shape index (κ3) is 5.29. The van der Waals surface area contributed by atoms with Crippen LogP contribution in [0.3, 0.4) is 0 Å². The molecule has 1 aromatic carbocycles. The van der Waals surface area contributed by atoms with E-state index in [9.17, 15) is 4.79 Å². The van der Waals surface area contributed by atoms with Crippen molar-refractivity contribution in [1.82, 2.24) is 34.7 Å². The summed E-state index contributed by atoms with van der Waals surface area (Å²) in [5, 5.41) is 14.5. The standard InChI is InChI=1S/C29H37N7O/c1-3-5-12-23-20-36(27-15-8-6-7-11-21(27)4-2)29(37)35(23)19-22-18-30-17-16-24(22)25-13-9-10-14-26(25)28-31-33-34-32-28/h9-10,13-14,16-18,20-21,27H,3-8,11-12,15,19H2,1-2H3,(H,31,32,33,34). The largest absolute Gasteiger partial charge is 0.328 e. The molecule has 0 spiro atoms. The zero-order valence-electron chi connectivity index (χ0n) is 21.9. The fourth-order valence-corrected chi connectivity index (χ4v) is 5.90. The highest BCUT2D eigenvalue weighted by atomic mass is 16.1. The molecule has 0 bridgehead atoms. The van der Waals surface area contributed by atoms with Gasteiger partial charge < -0.3 is 0 Å². The van der Waals surface area contributed by atoms with E-state index in [1.165, 1.54) is 25.7 Å². The van der Waals surface area contributed by atoms with Gasteiger partial charge >= 0.3 is 5.69 Å². The molecule has 8 nitrogen and oxygen atoms in total. The number of pyridine rings is 1. The van der Waals surface area contributed by atoms with Gasteiger partial charge in [-0.1, -0.05) is 70.2 Å². The van der Waals surface area contributed by atoms with Crippen LogP contribution in [-0.4, -0.2) is 34.7 Å². The minimum absolute atomic E-state index is 0.110. The van der Waals surface area contributed by atoms with Crippen LogP contribution in [0.2, 0.25) is 0 Å². The Kier molecular flexibility index (Phi) is 7.92. The van der Waals surface area contributed by atoms with Gasteiger partial charge in [0.2, 0.25) is 0 Å². The van der Waals surface area contributed by atoms with E-state index >= 15 is 0 Å². The van der Waals surface area contributed by atoms with Crippen molar-refractivity contribution in [3.8, 4) is 22.5 Å². The number of aryl methyl sites for hydroxylation is 1. The van der Waals surface area contributed by atoms with E-state index in [-0.39, 0.29) is 11.7 Å².